The Morgan fingerprint density at radius 1 is 1.05 bits per heavy atom. The summed E-state index contributed by atoms with van der Waals surface area (Å²) in [5.41, 5.74) is 0. The molecule has 0 aromatic carbocycles. The van der Waals surface area contributed by atoms with E-state index in [1.54, 1.807) is 4.90 Å². The second-order valence-electron chi connectivity index (χ2n) is 5.52. The van der Waals surface area contributed by atoms with Gasteiger partial charge in [0.15, 0.2) is 0 Å². The van der Waals surface area contributed by atoms with Gasteiger partial charge in [-0.25, -0.2) is 0 Å². The van der Waals surface area contributed by atoms with E-state index in [9.17, 15) is 9.59 Å². The van der Waals surface area contributed by atoms with Crippen molar-refractivity contribution >= 4 is 11.9 Å². The number of carbonyl (C=O) groups is 2. The van der Waals surface area contributed by atoms with Crippen molar-refractivity contribution in [2.75, 3.05) is 6.54 Å². The first-order chi connectivity index (χ1) is 9.15. The molecule has 4 heteroatoms. The molecule has 1 saturated carbocycles. The molecule has 0 aromatic heterocycles. The highest BCUT2D eigenvalue weighted by Crippen LogP contribution is 2.27. The molecule has 1 aliphatic carbocycles. The van der Waals surface area contributed by atoms with Gasteiger partial charge in [0.05, 0.1) is 0 Å². The van der Waals surface area contributed by atoms with Crippen molar-refractivity contribution < 1.29 is 14.7 Å². The zero-order valence-corrected chi connectivity index (χ0v) is 12.1. The average Bonchev–Trinajstić information content (AvgIpc) is 3.18. The minimum absolute atomic E-state index is 0.0264. The van der Waals surface area contributed by atoms with Crippen LogP contribution in [0.3, 0.4) is 0 Å². The van der Waals surface area contributed by atoms with Gasteiger partial charge in [0.25, 0.3) is 0 Å². The predicted octanol–water partition coefficient (Wildman–Crippen LogP) is 3.20. The van der Waals surface area contributed by atoms with E-state index in [1.165, 1.54) is 32.1 Å². The summed E-state index contributed by atoms with van der Waals surface area (Å²) in [5, 5.41) is 8.81. The third-order valence-corrected chi connectivity index (χ3v) is 3.61. The predicted molar refractivity (Wildman–Crippen MR) is 75.0 cm³/mol. The first-order valence-electron chi connectivity index (χ1n) is 7.66. The Bertz CT molecular complexity index is 287. The molecule has 0 heterocycles. The number of hydrogen-bond acceptors (Lipinski definition) is 2. The Morgan fingerprint density at radius 2 is 1.63 bits per heavy atom. The quantitative estimate of drug-likeness (QED) is 0.586. The SMILES string of the molecule is CCCCCCCCCC(=O)N(CC(=O)O)C1CC1. The van der Waals surface area contributed by atoms with Crippen molar-refractivity contribution in [1.82, 2.24) is 4.90 Å². The highest BCUT2D eigenvalue weighted by Gasteiger charge is 2.33. The van der Waals surface area contributed by atoms with Crippen molar-refractivity contribution in [3.8, 4) is 0 Å². The molecule has 1 N–H and O–H groups in total. The number of carbonyl (C=O) groups excluding carboxylic acids is 1. The molecule has 0 aliphatic heterocycles. The Balaban J connectivity index is 2.09. The first-order valence-corrected chi connectivity index (χ1v) is 7.66. The summed E-state index contributed by atoms with van der Waals surface area (Å²) in [6.45, 7) is 2.08. The van der Waals surface area contributed by atoms with Crippen LogP contribution in [0.1, 0.15) is 71.1 Å². The lowest BCUT2D eigenvalue weighted by molar-refractivity contribution is -0.145. The van der Waals surface area contributed by atoms with Gasteiger partial charge in [0, 0.05) is 12.5 Å². The highest BCUT2D eigenvalue weighted by molar-refractivity contribution is 5.81. The van der Waals surface area contributed by atoms with Crippen LogP contribution in [0.2, 0.25) is 0 Å². The van der Waals surface area contributed by atoms with Crippen LogP contribution in [0.25, 0.3) is 0 Å². The molecule has 1 aliphatic rings. The number of carboxylic acid groups (broad SMARTS) is 1. The lowest BCUT2D eigenvalue weighted by Gasteiger charge is -2.20. The van der Waals surface area contributed by atoms with Gasteiger partial charge in [-0.15, -0.1) is 0 Å². The lowest BCUT2D eigenvalue weighted by Crippen LogP contribution is -2.37. The van der Waals surface area contributed by atoms with Gasteiger partial charge in [-0.3, -0.25) is 9.59 Å². The van der Waals surface area contributed by atoms with E-state index >= 15 is 0 Å². The number of aliphatic carboxylic acids is 1. The smallest absolute Gasteiger partial charge is 0.323 e. The van der Waals surface area contributed by atoms with Crippen LogP contribution in [0.4, 0.5) is 0 Å². The second kappa shape index (κ2) is 8.94. The molecule has 1 amide bonds. The fourth-order valence-electron chi connectivity index (χ4n) is 2.33. The van der Waals surface area contributed by atoms with Crippen LogP contribution in [0, 0.1) is 0 Å². The van der Waals surface area contributed by atoms with Gasteiger partial charge >= 0.3 is 5.97 Å². The first kappa shape index (κ1) is 16.0. The van der Waals surface area contributed by atoms with E-state index in [4.69, 9.17) is 5.11 Å². The molecule has 0 bridgehead atoms. The van der Waals surface area contributed by atoms with Gasteiger partial charge in [0.1, 0.15) is 6.54 Å². The van der Waals surface area contributed by atoms with E-state index in [0.29, 0.717) is 6.42 Å². The largest absolute Gasteiger partial charge is 0.480 e. The zero-order chi connectivity index (χ0) is 14.1. The third kappa shape index (κ3) is 7.19. The Kier molecular flexibility index (Phi) is 7.53. The van der Waals surface area contributed by atoms with Crippen LogP contribution >= 0.6 is 0 Å². The number of rotatable bonds is 11. The maximum Gasteiger partial charge on any atom is 0.323 e. The summed E-state index contributed by atoms with van der Waals surface area (Å²) >= 11 is 0. The molecule has 0 aromatic rings. The van der Waals surface area contributed by atoms with Crippen molar-refractivity contribution in [2.45, 2.75) is 77.2 Å². The molecular formula is C15H27NO3. The summed E-state index contributed by atoms with van der Waals surface area (Å²) in [4.78, 5) is 24.2. The number of nitrogens with zero attached hydrogens (tertiary/aromatic N) is 1. The molecule has 1 fully saturated rings. The van der Waals surface area contributed by atoms with Crippen molar-refractivity contribution in [1.29, 1.82) is 0 Å². The van der Waals surface area contributed by atoms with Gasteiger partial charge in [-0.2, -0.15) is 0 Å². The molecule has 4 nitrogen and oxygen atoms in total. The van der Waals surface area contributed by atoms with Gasteiger partial charge < -0.3 is 10.0 Å². The Hall–Kier alpha value is -1.06. The van der Waals surface area contributed by atoms with Crippen LogP contribution in [0.15, 0.2) is 0 Å². The Morgan fingerprint density at radius 3 is 2.16 bits per heavy atom. The van der Waals surface area contributed by atoms with Crippen LogP contribution in [-0.2, 0) is 9.59 Å². The number of carboxylic acids is 1. The molecular weight excluding hydrogens is 242 g/mol. The third-order valence-electron chi connectivity index (χ3n) is 3.61. The minimum atomic E-state index is -0.903. The molecule has 0 atom stereocenters. The summed E-state index contributed by atoms with van der Waals surface area (Å²) < 4.78 is 0. The van der Waals surface area contributed by atoms with Crippen LogP contribution < -0.4 is 0 Å². The number of hydrogen-bond donors (Lipinski definition) is 1. The summed E-state index contributed by atoms with van der Waals surface area (Å²) in [5.74, 6) is -0.877. The molecule has 19 heavy (non-hydrogen) atoms. The fraction of sp³-hybridized carbons (Fsp3) is 0.867. The molecule has 0 spiro atoms. The van der Waals surface area contributed by atoms with Crippen LogP contribution in [0.5, 0.6) is 0 Å². The zero-order valence-electron chi connectivity index (χ0n) is 12.1. The second-order valence-corrected chi connectivity index (χ2v) is 5.52. The van der Waals surface area contributed by atoms with E-state index in [0.717, 1.165) is 25.7 Å². The number of unbranched alkanes of at least 4 members (excludes halogenated alkanes) is 6. The molecule has 0 radical (unpaired) electrons. The fourth-order valence-corrected chi connectivity index (χ4v) is 2.33. The molecule has 0 unspecified atom stereocenters. The lowest BCUT2D eigenvalue weighted by atomic mass is 10.1. The normalized spacial score (nSPS) is 14.4. The van der Waals surface area contributed by atoms with E-state index < -0.39 is 5.97 Å². The standard InChI is InChI=1S/C15H27NO3/c1-2-3-4-5-6-7-8-9-14(17)16(12-15(18)19)13-10-11-13/h13H,2-12H2,1H3,(H,18,19). The van der Waals surface area contributed by atoms with Gasteiger partial charge in [-0.1, -0.05) is 45.4 Å². The highest BCUT2D eigenvalue weighted by atomic mass is 16.4. The van der Waals surface area contributed by atoms with Crippen molar-refractivity contribution in [2.24, 2.45) is 0 Å². The van der Waals surface area contributed by atoms with Gasteiger partial charge in [-0.05, 0) is 19.3 Å². The van der Waals surface area contributed by atoms with E-state index in [2.05, 4.69) is 6.92 Å². The summed E-state index contributed by atoms with van der Waals surface area (Å²) in [6.07, 6.45) is 10.7. The number of amides is 1. The van der Waals surface area contributed by atoms with Crippen molar-refractivity contribution in [3.63, 3.8) is 0 Å². The maximum absolute atomic E-state index is 12.0. The molecule has 0 saturated heterocycles. The average molecular weight is 269 g/mol. The van der Waals surface area contributed by atoms with E-state index in [-0.39, 0.29) is 18.5 Å². The maximum atomic E-state index is 12.0. The molecule has 1 rings (SSSR count). The summed E-state index contributed by atoms with van der Waals surface area (Å²) in [7, 11) is 0. The van der Waals surface area contributed by atoms with Crippen LogP contribution in [-0.4, -0.2) is 34.5 Å². The van der Waals surface area contributed by atoms with Gasteiger partial charge in [0.2, 0.25) is 5.91 Å². The summed E-state index contributed by atoms with van der Waals surface area (Å²) in [6, 6.07) is 0.202. The minimum Gasteiger partial charge on any atom is -0.480 e. The monoisotopic (exact) mass is 269 g/mol. The van der Waals surface area contributed by atoms with E-state index in [1.807, 2.05) is 0 Å². The van der Waals surface area contributed by atoms with Crippen molar-refractivity contribution in [3.05, 3.63) is 0 Å². The molecule has 110 valence electrons. The topological polar surface area (TPSA) is 57.6 Å². The Labute approximate surface area is 116 Å².